The molecule has 0 saturated carbocycles. The summed E-state index contributed by atoms with van der Waals surface area (Å²) in [7, 11) is 0. The van der Waals surface area contributed by atoms with Crippen molar-refractivity contribution in [1.82, 2.24) is 0 Å². The number of hydrogen-bond donors (Lipinski definition) is 3. The molecule has 0 radical (unpaired) electrons. The van der Waals surface area contributed by atoms with Gasteiger partial charge < -0.3 is 21.9 Å². The smallest absolute Gasteiger partial charge is 0.249 e. The summed E-state index contributed by atoms with van der Waals surface area (Å²) >= 11 is 0. The van der Waals surface area contributed by atoms with E-state index in [2.05, 4.69) is 0 Å². The number of carbonyl (C=O) groups excluding carboxylic acids is 2. The zero-order valence-corrected chi connectivity index (χ0v) is 10.5. The summed E-state index contributed by atoms with van der Waals surface area (Å²) in [5.41, 5.74) is 16.6. The molecule has 0 fully saturated rings. The number of anilines is 1. The van der Waals surface area contributed by atoms with Gasteiger partial charge in [0, 0.05) is 0 Å². The van der Waals surface area contributed by atoms with Crippen molar-refractivity contribution in [3.63, 3.8) is 0 Å². The van der Waals surface area contributed by atoms with E-state index in [0.29, 0.717) is 17.2 Å². The van der Waals surface area contributed by atoms with Crippen molar-refractivity contribution in [1.29, 1.82) is 0 Å². The van der Waals surface area contributed by atoms with Crippen molar-refractivity contribution in [3.8, 4) is 11.5 Å². The van der Waals surface area contributed by atoms with Gasteiger partial charge in [-0.2, -0.15) is 0 Å². The van der Waals surface area contributed by atoms with Gasteiger partial charge in [-0.15, -0.1) is 0 Å². The van der Waals surface area contributed by atoms with E-state index < -0.39 is 11.8 Å². The van der Waals surface area contributed by atoms with Crippen molar-refractivity contribution in [2.24, 2.45) is 11.5 Å². The second kappa shape index (κ2) is 5.31. The van der Waals surface area contributed by atoms with Gasteiger partial charge in [0.2, 0.25) is 11.8 Å². The molecule has 0 spiro atoms. The average Bonchev–Trinajstić information content (AvgIpc) is 2.41. The van der Waals surface area contributed by atoms with E-state index in [-0.39, 0.29) is 11.1 Å². The van der Waals surface area contributed by atoms with E-state index in [9.17, 15) is 9.59 Å². The molecular formula is C14H13N3O3. The Bertz CT molecular complexity index is 683. The van der Waals surface area contributed by atoms with Crippen LogP contribution in [0.2, 0.25) is 0 Å². The first-order chi connectivity index (χ1) is 9.49. The van der Waals surface area contributed by atoms with E-state index >= 15 is 0 Å². The molecule has 20 heavy (non-hydrogen) atoms. The van der Waals surface area contributed by atoms with Crippen molar-refractivity contribution < 1.29 is 14.3 Å². The maximum absolute atomic E-state index is 11.3. The van der Waals surface area contributed by atoms with Crippen molar-refractivity contribution in [2.75, 3.05) is 5.73 Å². The monoisotopic (exact) mass is 271 g/mol. The number of hydrogen-bond acceptors (Lipinski definition) is 4. The minimum atomic E-state index is -0.759. The maximum Gasteiger partial charge on any atom is 0.249 e. The zero-order valence-electron chi connectivity index (χ0n) is 10.5. The fourth-order valence-electron chi connectivity index (χ4n) is 1.71. The van der Waals surface area contributed by atoms with Gasteiger partial charge in [-0.3, -0.25) is 9.59 Å². The van der Waals surface area contributed by atoms with Gasteiger partial charge in [0.05, 0.1) is 16.8 Å². The van der Waals surface area contributed by atoms with E-state index in [1.807, 2.05) is 0 Å². The molecule has 6 heteroatoms. The third-order valence-corrected chi connectivity index (χ3v) is 2.67. The van der Waals surface area contributed by atoms with Crippen LogP contribution in [0.3, 0.4) is 0 Å². The summed E-state index contributed by atoms with van der Waals surface area (Å²) in [6.07, 6.45) is 0. The molecule has 102 valence electrons. The third-order valence-electron chi connectivity index (χ3n) is 2.67. The summed E-state index contributed by atoms with van der Waals surface area (Å²) in [5, 5.41) is 0. The molecule has 2 amide bonds. The Balaban J connectivity index is 2.40. The van der Waals surface area contributed by atoms with Crippen LogP contribution in [0.25, 0.3) is 0 Å². The molecule has 0 atom stereocenters. The number of nitrogens with two attached hydrogens (primary N) is 3. The fourth-order valence-corrected chi connectivity index (χ4v) is 1.71. The van der Waals surface area contributed by atoms with Gasteiger partial charge in [-0.25, -0.2) is 0 Å². The molecule has 6 nitrogen and oxygen atoms in total. The number of amides is 2. The standard InChI is InChI=1S/C14H13N3O3/c15-11-3-1-2-4-12(11)20-8-5-6-9(13(16)18)10(7-8)14(17)19/h1-7H,15H2,(H2,16,18)(H2,17,19). The lowest BCUT2D eigenvalue weighted by atomic mass is 10.1. The van der Waals surface area contributed by atoms with Crippen molar-refractivity contribution in [2.45, 2.75) is 0 Å². The first-order valence-electron chi connectivity index (χ1n) is 5.75. The number of primary amides is 2. The Morgan fingerprint density at radius 1 is 0.900 bits per heavy atom. The largest absolute Gasteiger partial charge is 0.455 e. The minimum Gasteiger partial charge on any atom is -0.455 e. The summed E-state index contributed by atoms with van der Waals surface area (Å²) in [6.45, 7) is 0. The lowest BCUT2D eigenvalue weighted by molar-refractivity contribution is 0.0967. The van der Waals surface area contributed by atoms with Gasteiger partial charge >= 0.3 is 0 Å². The quantitative estimate of drug-likeness (QED) is 0.724. The number of ether oxygens (including phenoxy) is 1. The highest BCUT2D eigenvalue weighted by atomic mass is 16.5. The predicted molar refractivity (Wildman–Crippen MR) is 74.4 cm³/mol. The number of carbonyl (C=O) groups is 2. The van der Waals surface area contributed by atoms with Crippen LogP contribution in [0.15, 0.2) is 42.5 Å². The van der Waals surface area contributed by atoms with Crippen LogP contribution in [0.1, 0.15) is 20.7 Å². The van der Waals surface area contributed by atoms with E-state index in [0.717, 1.165) is 0 Å². The van der Waals surface area contributed by atoms with Crippen LogP contribution in [0.4, 0.5) is 5.69 Å². The summed E-state index contributed by atoms with van der Waals surface area (Å²) in [5.74, 6) is -0.716. The average molecular weight is 271 g/mol. The molecule has 2 aromatic rings. The van der Waals surface area contributed by atoms with Crippen LogP contribution in [-0.4, -0.2) is 11.8 Å². The first kappa shape index (κ1) is 13.4. The second-order valence-corrected chi connectivity index (χ2v) is 4.08. The Labute approximate surface area is 115 Å². The molecule has 0 aromatic heterocycles. The zero-order chi connectivity index (χ0) is 14.7. The Morgan fingerprint density at radius 2 is 1.55 bits per heavy atom. The summed E-state index contributed by atoms with van der Waals surface area (Å²) < 4.78 is 5.55. The normalized spacial score (nSPS) is 10.0. The summed E-state index contributed by atoms with van der Waals surface area (Å²) in [6, 6.07) is 11.2. The van der Waals surface area contributed by atoms with Crippen LogP contribution in [-0.2, 0) is 0 Å². The third kappa shape index (κ3) is 2.69. The van der Waals surface area contributed by atoms with E-state index in [1.54, 1.807) is 24.3 Å². The fraction of sp³-hybridized carbons (Fsp3) is 0. The van der Waals surface area contributed by atoms with Crippen LogP contribution in [0, 0.1) is 0 Å². The topological polar surface area (TPSA) is 121 Å². The van der Waals surface area contributed by atoms with E-state index in [4.69, 9.17) is 21.9 Å². The van der Waals surface area contributed by atoms with Gasteiger partial charge in [-0.1, -0.05) is 12.1 Å². The van der Waals surface area contributed by atoms with Gasteiger partial charge in [0.1, 0.15) is 11.5 Å². The molecule has 0 saturated heterocycles. The van der Waals surface area contributed by atoms with Gasteiger partial charge in [0.15, 0.2) is 0 Å². The number of rotatable bonds is 4. The van der Waals surface area contributed by atoms with Crippen molar-refractivity contribution >= 4 is 17.5 Å². The predicted octanol–water partition coefficient (Wildman–Crippen LogP) is 1.26. The van der Waals surface area contributed by atoms with Crippen LogP contribution in [0.5, 0.6) is 11.5 Å². The number of para-hydroxylation sites is 2. The Kier molecular flexibility index (Phi) is 3.56. The van der Waals surface area contributed by atoms with E-state index in [1.165, 1.54) is 18.2 Å². The highest BCUT2D eigenvalue weighted by Crippen LogP contribution is 2.28. The highest BCUT2D eigenvalue weighted by Gasteiger charge is 2.14. The van der Waals surface area contributed by atoms with Crippen molar-refractivity contribution in [3.05, 3.63) is 53.6 Å². The molecule has 0 bridgehead atoms. The van der Waals surface area contributed by atoms with Crippen LogP contribution >= 0.6 is 0 Å². The molecule has 6 N–H and O–H groups in total. The SMILES string of the molecule is NC(=O)c1ccc(Oc2ccccc2N)cc1C(N)=O. The molecular weight excluding hydrogens is 258 g/mol. The lowest BCUT2D eigenvalue weighted by Crippen LogP contribution is -2.20. The van der Waals surface area contributed by atoms with Gasteiger partial charge in [-0.05, 0) is 30.3 Å². The second-order valence-electron chi connectivity index (χ2n) is 4.08. The van der Waals surface area contributed by atoms with Crippen LogP contribution < -0.4 is 21.9 Å². The molecule has 0 aliphatic rings. The summed E-state index contributed by atoms with van der Waals surface area (Å²) in [4.78, 5) is 22.5. The first-order valence-corrected chi connectivity index (χ1v) is 5.75. The maximum atomic E-state index is 11.3. The highest BCUT2D eigenvalue weighted by molar-refractivity contribution is 6.06. The minimum absolute atomic E-state index is 0.00417. The lowest BCUT2D eigenvalue weighted by Gasteiger charge is -2.10. The molecule has 2 aromatic carbocycles. The number of nitrogen functional groups attached to an aromatic ring is 1. The Morgan fingerprint density at radius 3 is 2.15 bits per heavy atom. The molecule has 0 aliphatic carbocycles. The molecule has 0 heterocycles. The molecule has 2 rings (SSSR count). The van der Waals surface area contributed by atoms with Gasteiger partial charge in [0.25, 0.3) is 0 Å². The molecule has 0 unspecified atom stereocenters. The molecule has 0 aliphatic heterocycles. The Hall–Kier alpha value is -3.02. The number of benzene rings is 2.